The van der Waals surface area contributed by atoms with Gasteiger partial charge in [0.2, 0.25) is 17.7 Å². The maximum Gasteiger partial charge on any atom is 0.242 e. The molecule has 1 aliphatic rings. The van der Waals surface area contributed by atoms with E-state index in [1.807, 2.05) is 83.9 Å². The zero-order valence-electron chi connectivity index (χ0n) is 30.7. The molecular weight excluding hydrogens is 598 g/mol. The molecule has 1 aromatic carbocycles. The molecule has 1 heterocycles. The van der Waals surface area contributed by atoms with Gasteiger partial charge in [-0.2, -0.15) is 0 Å². The highest BCUT2D eigenvalue weighted by molar-refractivity contribution is 5.87. The predicted molar refractivity (Wildman–Crippen MR) is 185 cm³/mol. The molecule has 0 saturated carbocycles. The molecule has 1 saturated heterocycles. The molecule has 0 aromatic heterocycles. The molecule has 268 valence electrons. The second kappa shape index (κ2) is 18.8. The second-order valence-corrected chi connectivity index (χ2v) is 14.0. The van der Waals surface area contributed by atoms with Crippen molar-refractivity contribution < 1.29 is 29.0 Å². The van der Waals surface area contributed by atoms with E-state index in [9.17, 15) is 19.5 Å². The number of hydrogen-bond acceptors (Lipinski definition) is 8. The summed E-state index contributed by atoms with van der Waals surface area (Å²) in [4.78, 5) is 45.7. The van der Waals surface area contributed by atoms with E-state index < -0.39 is 24.4 Å². The first-order valence-electron chi connectivity index (χ1n) is 17.2. The summed E-state index contributed by atoms with van der Waals surface area (Å²) in [5.74, 6) is -0.766. The van der Waals surface area contributed by atoms with Crippen LogP contribution >= 0.6 is 0 Å². The lowest BCUT2D eigenvalue weighted by atomic mass is 9.80. The normalized spacial score (nSPS) is 21.9. The first-order chi connectivity index (χ1) is 22.1. The lowest BCUT2D eigenvalue weighted by Gasteiger charge is -2.41. The molecule has 2 rings (SSSR count). The van der Waals surface area contributed by atoms with Gasteiger partial charge in [-0.25, -0.2) is 0 Å². The fraction of sp³-hybridized carbons (Fsp3) is 0.750. The Bertz CT molecular complexity index is 1110. The van der Waals surface area contributed by atoms with Crippen LogP contribution in [0.15, 0.2) is 30.3 Å². The lowest BCUT2D eigenvalue weighted by molar-refractivity contribution is -0.146. The summed E-state index contributed by atoms with van der Waals surface area (Å²) >= 11 is 0. The molecule has 3 amide bonds. The van der Waals surface area contributed by atoms with Crippen molar-refractivity contribution in [2.75, 3.05) is 41.9 Å². The zero-order chi connectivity index (χ0) is 35.6. The number of aliphatic hydroxyl groups is 1. The van der Waals surface area contributed by atoms with Crippen molar-refractivity contribution in [3.63, 3.8) is 0 Å². The molecule has 11 heteroatoms. The van der Waals surface area contributed by atoms with Crippen molar-refractivity contribution in [3.05, 3.63) is 35.9 Å². The molecule has 1 aromatic rings. The summed E-state index contributed by atoms with van der Waals surface area (Å²) in [6.45, 7) is 11.9. The Hall–Kier alpha value is -2.57. The number of ether oxygens (including phenoxy) is 2. The highest BCUT2D eigenvalue weighted by Gasteiger charge is 2.45. The Morgan fingerprint density at radius 2 is 1.62 bits per heavy atom. The van der Waals surface area contributed by atoms with Crippen LogP contribution in [-0.4, -0.2) is 116 Å². The third kappa shape index (κ3) is 10.2. The molecule has 0 aliphatic carbocycles. The number of benzene rings is 1. The Balaban J connectivity index is 2.23. The molecule has 4 N–H and O–H groups in total. The minimum atomic E-state index is -0.686. The van der Waals surface area contributed by atoms with Gasteiger partial charge in [0, 0.05) is 21.3 Å². The van der Waals surface area contributed by atoms with E-state index in [0.29, 0.717) is 12.8 Å². The maximum absolute atomic E-state index is 14.1. The van der Waals surface area contributed by atoms with Gasteiger partial charge in [0.1, 0.15) is 0 Å². The third-order valence-corrected chi connectivity index (χ3v) is 10.4. The number of nitrogens with one attached hydrogen (secondary N) is 1. The van der Waals surface area contributed by atoms with Crippen LogP contribution in [0.2, 0.25) is 0 Å². The van der Waals surface area contributed by atoms with Crippen LogP contribution in [0.3, 0.4) is 0 Å². The number of likely N-dealkylation sites (N-methyl/N-ethyl adjacent to an activating group) is 2. The number of carbonyl (C=O) groups is 3. The summed E-state index contributed by atoms with van der Waals surface area (Å²) in [6.07, 6.45) is -0.0136. The minimum Gasteiger partial charge on any atom is -0.388 e. The number of nitrogens with zero attached hydrogens (tertiary/aromatic N) is 3. The summed E-state index contributed by atoms with van der Waals surface area (Å²) in [5.41, 5.74) is 7.40. The molecule has 1 fully saturated rings. The Labute approximate surface area is 283 Å². The number of amides is 3. The van der Waals surface area contributed by atoms with Gasteiger partial charge in [0.15, 0.2) is 0 Å². The Morgan fingerprint density at radius 3 is 2.13 bits per heavy atom. The fourth-order valence-electron chi connectivity index (χ4n) is 7.37. The summed E-state index contributed by atoms with van der Waals surface area (Å²) in [5, 5.41) is 14.0. The smallest absolute Gasteiger partial charge is 0.242 e. The van der Waals surface area contributed by atoms with Gasteiger partial charge in [-0.1, -0.05) is 78.3 Å². The quantitative estimate of drug-likeness (QED) is 0.218. The molecule has 1 aliphatic heterocycles. The van der Waals surface area contributed by atoms with Crippen LogP contribution in [-0.2, 0) is 23.9 Å². The van der Waals surface area contributed by atoms with Gasteiger partial charge in [-0.15, -0.1) is 0 Å². The van der Waals surface area contributed by atoms with E-state index >= 15 is 0 Å². The molecule has 0 bridgehead atoms. The van der Waals surface area contributed by atoms with Crippen LogP contribution in [0, 0.1) is 23.7 Å². The monoisotopic (exact) mass is 661 g/mol. The van der Waals surface area contributed by atoms with E-state index in [1.54, 1.807) is 31.1 Å². The van der Waals surface area contributed by atoms with Crippen molar-refractivity contribution in [2.24, 2.45) is 29.4 Å². The number of carbonyl (C=O) groups excluding carboxylic acids is 3. The summed E-state index contributed by atoms with van der Waals surface area (Å²) in [7, 11) is 8.61. The Kier molecular flexibility index (Phi) is 16.3. The highest BCUT2D eigenvalue weighted by atomic mass is 16.5. The number of likely N-dealkylation sites (tertiary alicyclic amines) is 1. The van der Waals surface area contributed by atoms with Gasteiger partial charge in [-0.05, 0) is 56.2 Å². The average Bonchev–Trinajstić information content (AvgIpc) is 3.42. The van der Waals surface area contributed by atoms with Gasteiger partial charge in [0.05, 0.1) is 55.6 Å². The minimum absolute atomic E-state index is 0.0118. The SMILES string of the molecule is CCC(C)C(C(CC(=O)N1C(N)CCC1C(OC)C(C)C(C)C(O)c1ccccc1)OC)N(C)C(=O)CNC(=O)C(C(C)C)N(C)C. The van der Waals surface area contributed by atoms with Crippen LogP contribution in [0.25, 0.3) is 0 Å². The molecular formula is C36H63N5O6. The standard InChI is InChI=1S/C36H63N5O6/c1-12-23(4)33(40(9)31(43)21-38-36(45)32(22(2)3)39(7)8)28(46-10)20-30(42)41-27(18-19-29(41)37)35(47-11)25(6)24(5)34(44)26-16-14-13-15-17-26/h13-17,22-25,27-29,32-35,44H,12,18-21,37H2,1-11H3,(H,38,45). The fourth-order valence-corrected chi connectivity index (χ4v) is 7.37. The van der Waals surface area contributed by atoms with Crippen molar-refractivity contribution in [2.45, 2.75) is 110 Å². The molecule has 0 radical (unpaired) electrons. The number of nitrogens with two attached hydrogens (primary N) is 1. The van der Waals surface area contributed by atoms with Gasteiger partial charge in [0.25, 0.3) is 0 Å². The van der Waals surface area contributed by atoms with E-state index in [1.165, 1.54) is 0 Å². The number of hydrogen-bond donors (Lipinski definition) is 3. The first kappa shape index (κ1) is 40.6. The van der Waals surface area contributed by atoms with E-state index in [0.717, 1.165) is 12.0 Å². The molecule has 10 unspecified atom stereocenters. The van der Waals surface area contributed by atoms with Crippen molar-refractivity contribution >= 4 is 17.7 Å². The first-order valence-corrected chi connectivity index (χ1v) is 17.2. The topological polar surface area (TPSA) is 138 Å². The summed E-state index contributed by atoms with van der Waals surface area (Å²) < 4.78 is 12.0. The van der Waals surface area contributed by atoms with Gasteiger partial charge in [-0.3, -0.25) is 19.3 Å². The van der Waals surface area contributed by atoms with Gasteiger partial charge >= 0.3 is 0 Å². The largest absolute Gasteiger partial charge is 0.388 e. The van der Waals surface area contributed by atoms with Crippen LogP contribution in [0.4, 0.5) is 0 Å². The third-order valence-electron chi connectivity index (χ3n) is 10.4. The van der Waals surface area contributed by atoms with Crippen molar-refractivity contribution in [1.29, 1.82) is 0 Å². The molecule has 11 nitrogen and oxygen atoms in total. The molecule has 10 atom stereocenters. The van der Waals surface area contributed by atoms with Crippen molar-refractivity contribution in [1.82, 2.24) is 20.0 Å². The van der Waals surface area contributed by atoms with E-state index in [4.69, 9.17) is 15.2 Å². The average molecular weight is 662 g/mol. The van der Waals surface area contributed by atoms with Crippen LogP contribution in [0.1, 0.15) is 78.9 Å². The second-order valence-electron chi connectivity index (χ2n) is 14.0. The van der Waals surface area contributed by atoms with Crippen LogP contribution < -0.4 is 11.1 Å². The van der Waals surface area contributed by atoms with E-state index in [2.05, 4.69) is 12.2 Å². The van der Waals surface area contributed by atoms with E-state index in [-0.39, 0.29) is 72.5 Å². The van der Waals surface area contributed by atoms with Crippen molar-refractivity contribution in [3.8, 4) is 0 Å². The highest BCUT2D eigenvalue weighted by Crippen LogP contribution is 2.36. The number of aliphatic hydroxyl groups excluding tert-OH is 1. The summed E-state index contributed by atoms with van der Waals surface area (Å²) in [6, 6.07) is 8.52. The molecule has 0 spiro atoms. The van der Waals surface area contributed by atoms with Crippen LogP contribution in [0.5, 0.6) is 0 Å². The predicted octanol–water partition coefficient (Wildman–Crippen LogP) is 3.26. The number of methoxy groups -OCH3 is 2. The maximum atomic E-state index is 14.1. The number of rotatable bonds is 18. The lowest BCUT2D eigenvalue weighted by Crippen LogP contribution is -2.56. The Morgan fingerprint density at radius 1 is 1.00 bits per heavy atom. The molecule has 47 heavy (non-hydrogen) atoms. The zero-order valence-corrected chi connectivity index (χ0v) is 30.7. The van der Waals surface area contributed by atoms with Gasteiger partial charge < -0.3 is 35.4 Å².